The number of esters is 1. The van der Waals surface area contributed by atoms with Crippen LogP contribution in [0.4, 0.5) is 0 Å². The zero-order chi connectivity index (χ0) is 18.4. The van der Waals surface area contributed by atoms with E-state index in [4.69, 9.17) is 9.47 Å². The van der Waals surface area contributed by atoms with Gasteiger partial charge in [-0.25, -0.2) is 0 Å². The van der Waals surface area contributed by atoms with Crippen LogP contribution in [-0.4, -0.2) is 33.1 Å². The lowest BCUT2D eigenvalue weighted by atomic mass is 10.0. The Hall–Kier alpha value is -2.02. The molecule has 136 valence electrons. The van der Waals surface area contributed by atoms with Gasteiger partial charge < -0.3 is 14.0 Å². The molecular formula is C18H25N3O3S. The van der Waals surface area contributed by atoms with Gasteiger partial charge in [-0.15, -0.1) is 10.2 Å². The maximum atomic E-state index is 11.5. The monoisotopic (exact) mass is 363 g/mol. The molecule has 0 spiro atoms. The lowest BCUT2D eigenvalue weighted by Crippen LogP contribution is -2.11. The molecule has 0 aliphatic rings. The molecule has 0 aliphatic heterocycles. The second-order valence-corrected chi connectivity index (χ2v) is 6.92. The average molecular weight is 363 g/mol. The van der Waals surface area contributed by atoms with E-state index in [1.54, 1.807) is 6.92 Å². The highest BCUT2D eigenvalue weighted by atomic mass is 32.2. The fourth-order valence-corrected chi connectivity index (χ4v) is 3.04. The van der Waals surface area contributed by atoms with Crippen LogP contribution in [0.3, 0.4) is 0 Å². The summed E-state index contributed by atoms with van der Waals surface area (Å²) in [5.74, 6) is 1.95. The highest BCUT2D eigenvalue weighted by molar-refractivity contribution is 7.99. The summed E-state index contributed by atoms with van der Waals surface area (Å²) in [6, 6.07) is 8.09. The van der Waals surface area contributed by atoms with Crippen LogP contribution in [0.25, 0.3) is 0 Å². The Bertz CT molecular complexity index is 698. The lowest BCUT2D eigenvalue weighted by Gasteiger charge is -2.15. The number of carbonyl (C=O) groups is 1. The normalized spacial score (nSPS) is 12.2. The van der Waals surface area contributed by atoms with Gasteiger partial charge in [0.15, 0.2) is 17.1 Å². The fourth-order valence-electron chi connectivity index (χ4n) is 2.32. The molecule has 2 aromatic rings. The standard InChI is InChI=1S/C18H25N3O3S/c1-6-23-16(22)11-25-18-20-19-17(21(18)5)13(4)24-15-9-7-14(8-10-15)12(2)3/h7-10,12-13H,6,11H2,1-5H3. The van der Waals surface area contributed by atoms with Crippen molar-refractivity contribution in [3.05, 3.63) is 35.7 Å². The van der Waals surface area contributed by atoms with Crippen LogP contribution < -0.4 is 4.74 Å². The van der Waals surface area contributed by atoms with Crippen molar-refractivity contribution in [1.29, 1.82) is 0 Å². The van der Waals surface area contributed by atoms with E-state index in [0.29, 0.717) is 23.5 Å². The fraction of sp³-hybridized carbons (Fsp3) is 0.500. The van der Waals surface area contributed by atoms with Gasteiger partial charge >= 0.3 is 5.97 Å². The average Bonchev–Trinajstić information content (AvgIpc) is 2.94. The lowest BCUT2D eigenvalue weighted by molar-refractivity contribution is -0.139. The molecule has 0 bridgehead atoms. The molecule has 0 saturated heterocycles. The first-order valence-corrected chi connectivity index (χ1v) is 9.35. The summed E-state index contributed by atoms with van der Waals surface area (Å²) in [5.41, 5.74) is 1.27. The van der Waals surface area contributed by atoms with Crippen molar-refractivity contribution in [1.82, 2.24) is 14.8 Å². The molecule has 0 fully saturated rings. The molecule has 6 nitrogen and oxygen atoms in total. The number of benzene rings is 1. The van der Waals surface area contributed by atoms with Crippen molar-refractivity contribution in [2.24, 2.45) is 7.05 Å². The van der Waals surface area contributed by atoms with E-state index in [1.807, 2.05) is 30.7 Å². The first kappa shape index (κ1) is 19.3. The second kappa shape index (κ2) is 8.89. The van der Waals surface area contributed by atoms with Gasteiger partial charge in [0.05, 0.1) is 12.4 Å². The van der Waals surface area contributed by atoms with Crippen LogP contribution in [0.5, 0.6) is 5.75 Å². The number of hydrogen-bond acceptors (Lipinski definition) is 6. The molecule has 1 unspecified atom stereocenters. The zero-order valence-electron chi connectivity index (χ0n) is 15.4. The molecule has 0 aliphatic carbocycles. The molecule has 0 N–H and O–H groups in total. The Kier molecular flexibility index (Phi) is 6.87. The van der Waals surface area contributed by atoms with Gasteiger partial charge in [-0.1, -0.05) is 37.7 Å². The predicted molar refractivity (Wildman–Crippen MR) is 97.9 cm³/mol. The number of carbonyl (C=O) groups excluding carboxylic acids is 1. The smallest absolute Gasteiger partial charge is 0.316 e. The molecule has 0 radical (unpaired) electrons. The second-order valence-electron chi connectivity index (χ2n) is 5.98. The Labute approximate surface area is 152 Å². The maximum absolute atomic E-state index is 11.5. The third-order valence-corrected chi connectivity index (χ3v) is 4.71. The van der Waals surface area contributed by atoms with Crippen molar-refractivity contribution in [2.45, 2.75) is 44.9 Å². The summed E-state index contributed by atoms with van der Waals surface area (Å²) >= 11 is 1.30. The highest BCUT2D eigenvalue weighted by Crippen LogP contribution is 2.25. The van der Waals surface area contributed by atoms with Crippen LogP contribution in [0.15, 0.2) is 29.4 Å². The number of hydrogen-bond donors (Lipinski definition) is 0. The topological polar surface area (TPSA) is 66.2 Å². The number of thioether (sulfide) groups is 1. The van der Waals surface area contributed by atoms with E-state index in [1.165, 1.54) is 17.3 Å². The molecule has 1 atom stereocenters. The van der Waals surface area contributed by atoms with Crippen LogP contribution >= 0.6 is 11.8 Å². The SMILES string of the molecule is CCOC(=O)CSc1nnc(C(C)Oc2ccc(C(C)C)cc2)n1C. The minimum absolute atomic E-state index is 0.214. The summed E-state index contributed by atoms with van der Waals surface area (Å²) in [6.45, 7) is 8.42. The quantitative estimate of drug-likeness (QED) is 0.526. The van der Waals surface area contributed by atoms with Crippen molar-refractivity contribution in [2.75, 3.05) is 12.4 Å². The van der Waals surface area contributed by atoms with Gasteiger partial charge in [0, 0.05) is 7.05 Å². The van der Waals surface area contributed by atoms with E-state index < -0.39 is 0 Å². The molecular weight excluding hydrogens is 338 g/mol. The Balaban J connectivity index is 1.99. The Morgan fingerprint density at radius 1 is 1.20 bits per heavy atom. The van der Waals surface area contributed by atoms with Gasteiger partial charge in [-0.3, -0.25) is 4.79 Å². The van der Waals surface area contributed by atoms with Crippen molar-refractivity contribution < 1.29 is 14.3 Å². The van der Waals surface area contributed by atoms with Gasteiger partial charge in [0.1, 0.15) is 5.75 Å². The van der Waals surface area contributed by atoms with Crippen LogP contribution in [0.1, 0.15) is 51.1 Å². The van der Waals surface area contributed by atoms with Crippen LogP contribution in [0.2, 0.25) is 0 Å². The molecule has 25 heavy (non-hydrogen) atoms. The minimum Gasteiger partial charge on any atom is -0.483 e. The Morgan fingerprint density at radius 2 is 1.88 bits per heavy atom. The molecule has 1 aromatic carbocycles. The molecule has 7 heteroatoms. The van der Waals surface area contributed by atoms with Gasteiger partial charge in [0.25, 0.3) is 0 Å². The van der Waals surface area contributed by atoms with Crippen molar-refractivity contribution in [3.8, 4) is 5.75 Å². The van der Waals surface area contributed by atoms with E-state index in [2.05, 4.69) is 36.2 Å². The Morgan fingerprint density at radius 3 is 2.48 bits per heavy atom. The number of rotatable bonds is 8. The van der Waals surface area contributed by atoms with Gasteiger partial charge in [-0.2, -0.15) is 0 Å². The summed E-state index contributed by atoms with van der Waals surface area (Å²) < 4.78 is 12.7. The first-order valence-electron chi connectivity index (χ1n) is 8.36. The molecule has 2 rings (SSSR count). The van der Waals surface area contributed by atoms with Crippen molar-refractivity contribution in [3.63, 3.8) is 0 Å². The highest BCUT2D eigenvalue weighted by Gasteiger charge is 2.18. The molecule has 0 amide bonds. The first-order chi connectivity index (χ1) is 11.9. The van der Waals surface area contributed by atoms with E-state index in [-0.39, 0.29) is 17.8 Å². The summed E-state index contributed by atoms with van der Waals surface area (Å²) in [5, 5.41) is 8.99. The van der Waals surface area contributed by atoms with Gasteiger partial charge in [0.2, 0.25) is 0 Å². The number of nitrogens with zero attached hydrogens (tertiary/aromatic N) is 3. The number of ether oxygens (including phenoxy) is 2. The summed E-state index contributed by atoms with van der Waals surface area (Å²) in [7, 11) is 1.87. The van der Waals surface area contributed by atoms with E-state index >= 15 is 0 Å². The third kappa shape index (κ3) is 5.22. The van der Waals surface area contributed by atoms with E-state index in [0.717, 1.165) is 5.75 Å². The van der Waals surface area contributed by atoms with Crippen molar-refractivity contribution >= 4 is 17.7 Å². The minimum atomic E-state index is -0.258. The van der Waals surface area contributed by atoms with Gasteiger partial charge in [-0.05, 0) is 37.5 Å². The number of aromatic nitrogens is 3. The molecule has 0 saturated carbocycles. The maximum Gasteiger partial charge on any atom is 0.316 e. The summed E-state index contributed by atoms with van der Waals surface area (Å²) in [4.78, 5) is 11.5. The third-order valence-electron chi connectivity index (χ3n) is 3.72. The van der Waals surface area contributed by atoms with Crippen LogP contribution in [0, 0.1) is 0 Å². The predicted octanol–water partition coefficient (Wildman–Crippen LogP) is 3.73. The summed E-state index contributed by atoms with van der Waals surface area (Å²) in [6.07, 6.45) is -0.251. The van der Waals surface area contributed by atoms with E-state index in [9.17, 15) is 4.79 Å². The largest absolute Gasteiger partial charge is 0.483 e. The molecule has 1 aromatic heterocycles. The van der Waals surface area contributed by atoms with Crippen LogP contribution in [-0.2, 0) is 16.6 Å². The molecule has 1 heterocycles. The zero-order valence-corrected chi connectivity index (χ0v) is 16.2.